The Balaban J connectivity index is 2.95. The molecule has 1 aromatic rings. The minimum atomic E-state index is -3.69. The number of aryl methyl sites for hydroxylation is 1. The summed E-state index contributed by atoms with van der Waals surface area (Å²) in [6.45, 7) is 3.72. The molecule has 0 aromatic heterocycles. The SMILES string of the molecule is CCOC(=O)CCN(C)S(=O)(=O)c1cc(N)c(Br)cc1C. The molecule has 21 heavy (non-hydrogen) atoms. The van der Waals surface area contributed by atoms with Crippen LogP contribution in [0.1, 0.15) is 18.9 Å². The second-order valence-corrected chi connectivity index (χ2v) is 7.39. The predicted octanol–water partition coefficient (Wildman–Crippen LogP) is 1.91. The Morgan fingerprint density at radius 3 is 2.62 bits per heavy atom. The first kappa shape index (κ1) is 17.9. The van der Waals surface area contributed by atoms with E-state index in [0.717, 1.165) is 4.31 Å². The molecule has 0 aliphatic heterocycles. The molecular weight excluding hydrogens is 360 g/mol. The van der Waals surface area contributed by atoms with Crippen molar-refractivity contribution in [2.45, 2.75) is 25.2 Å². The number of nitrogens with zero attached hydrogens (tertiary/aromatic N) is 1. The lowest BCUT2D eigenvalue weighted by Gasteiger charge is -2.18. The van der Waals surface area contributed by atoms with Crippen molar-refractivity contribution in [3.8, 4) is 0 Å². The number of carbonyl (C=O) groups is 1. The highest BCUT2D eigenvalue weighted by Gasteiger charge is 2.24. The Labute approximate surface area is 133 Å². The number of halogens is 1. The van der Waals surface area contributed by atoms with E-state index >= 15 is 0 Å². The van der Waals surface area contributed by atoms with Crippen LogP contribution in [0.3, 0.4) is 0 Å². The van der Waals surface area contributed by atoms with Gasteiger partial charge in [0.25, 0.3) is 0 Å². The number of ether oxygens (including phenoxy) is 1. The molecule has 1 rings (SSSR count). The number of hydrogen-bond donors (Lipinski definition) is 1. The minimum absolute atomic E-state index is 0.00856. The van der Waals surface area contributed by atoms with Crippen molar-refractivity contribution in [2.24, 2.45) is 0 Å². The van der Waals surface area contributed by atoms with Gasteiger partial charge in [-0.05, 0) is 47.5 Å². The van der Waals surface area contributed by atoms with Gasteiger partial charge < -0.3 is 10.5 Å². The van der Waals surface area contributed by atoms with E-state index < -0.39 is 16.0 Å². The molecule has 8 heteroatoms. The molecule has 0 unspecified atom stereocenters. The maximum Gasteiger partial charge on any atom is 0.307 e. The van der Waals surface area contributed by atoms with E-state index in [1.165, 1.54) is 13.1 Å². The summed E-state index contributed by atoms with van der Waals surface area (Å²) < 4.78 is 31.5. The van der Waals surface area contributed by atoms with Crippen molar-refractivity contribution in [1.29, 1.82) is 0 Å². The zero-order chi connectivity index (χ0) is 16.2. The average molecular weight is 379 g/mol. The number of rotatable bonds is 6. The molecule has 6 nitrogen and oxygen atoms in total. The van der Waals surface area contributed by atoms with Gasteiger partial charge in [0.15, 0.2) is 0 Å². The Kier molecular flexibility index (Phi) is 6.18. The Bertz CT molecular complexity index is 631. The van der Waals surface area contributed by atoms with E-state index in [-0.39, 0.29) is 24.5 Å². The molecule has 1 aromatic carbocycles. The third-order valence-corrected chi connectivity index (χ3v) is 5.60. The third-order valence-electron chi connectivity index (χ3n) is 2.92. The largest absolute Gasteiger partial charge is 0.466 e. The summed E-state index contributed by atoms with van der Waals surface area (Å²) in [6, 6.07) is 3.07. The van der Waals surface area contributed by atoms with Crippen LogP contribution in [0, 0.1) is 6.92 Å². The monoisotopic (exact) mass is 378 g/mol. The van der Waals surface area contributed by atoms with Crippen LogP contribution in [-0.4, -0.2) is 38.9 Å². The van der Waals surface area contributed by atoms with Crippen LogP contribution in [-0.2, 0) is 19.6 Å². The first-order valence-electron chi connectivity index (χ1n) is 6.37. The van der Waals surface area contributed by atoms with E-state index in [1.807, 2.05) is 0 Å². The minimum Gasteiger partial charge on any atom is -0.466 e. The molecule has 0 bridgehead atoms. The van der Waals surface area contributed by atoms with E-state index in [4.69, 9.17) is 10.5 Å². The Hall–Kier alpha value is -1.12. The summed E-state index contributed by atoms with van der Waals surface area (Å²) in [5, 5.41) is 0. The summed E-state index contributed by atoms with van der Waals surface area (Å²) in [4.78, 5) is 11.4. The highest BCUT2D eigenvalue weighted by Crippen LogP contribution is 2.28. The number of nitrogen functional groups attached to an aromatic ring is 1. The van der Waals surface area contributed by atoms with E-state index in [0.29, 0.717) is 15.7 Å². The fourth-order valence-corrected chi connectivity index (χ4v) is 3.58. The molecule has 0 atom stereocenters. The first-order chi connectivity index (χ1) is 9.70. The number of sulfonamides is 1. The van der Waals surface area contributed by atoms with Crippen LogP contribution >= 0.6 is 15.9 Å². The molecule has 0 radical (unpaired) electrons. The predicted molar refractivity (Wildman–Crippen MR) is 84.4 cm³/mol. The number of carbonyl (C=O) groups excluding carboxylic acids is 1. The van der Waals surface area contributed by atoms with E-state index in [2.05, 4.69) is 15.9 Å². The summed E-state index contributed by atoms with van der Waals surface area (Å²) in [5.74, 6) is -0.424. The molecule has 0 spiro atoms. The maximum atomic E-state index is 12.5. The second kappa shape index (κ2) is 7.24. The van der Waals surface area contributed by atoms with Gasteiger partial charge >= 0.3 is 5.97 Å². The normalized spacial score (nSPS) is 11.7. The topological polar surface area (TPSA) is 89.7 Å². The van der Waals surface area contributed by atoms with Crippen LogP contribution in [0.25, 0.3) is 0 Å². The standard InChI is InChI=1S/C13H19BrN2O4S/c1-4-20-13(17)5-6-16(3)21(18,19)12-8-11(15)10(14)7-9(12)2/h7-8H,4-6,15H2,1-3H3. The Morgan fingerprint density at radius 2 is 2.05 bits per heavy atom. The van der Waals surface area contributed by atoms with Gasteiger partial charge in [0.05, 0.1) is 17.9 Å². The molecule has 2 N–H and O–H groups in total. The number of benzene rings is 1. The third kappa shape index (κ3) is 4.42. The highest BCUT2D eigenvalue weighted by molar-refractivity contribution is 9.10. The molecule has 118 valence electrons. The number of nitrogens with two attached hydrogens (primary N) is 1. The summed E-state index contributed by atoms with van der Waals surface area (Å²) in [5.41, 5.74) is 6.67. The second-order valence-electron chi connectivity index (χ2n) is 4.52. The summed E-state index contributed by atoms with van der Waals surface area (Å²) in [7, 11) is -2.27. The van der Waals surface area contributed by atoms with Crippen LogP contribution in [0.5, 0.6) is 0 Å². The van der Waals surface area contributed by atoms with E-state index in [9.17, 15) is 13.2 Å². The van der Waals surface area contributed by atoms with Gasteiger partial charge in [-0.15, -0.1) is 0 Å². The molecule has 0 amide bonds. The molecule has 0 fully saturated rings. The van der Waals surface area contributed by atoms with Crippen molar-refractivity contribution >= 4 is 37.6 Å². The van der Waals surface area contributed by atoms with Crippen LogP contribution in [0.4, 0.5) is 5.69 Å². The van der Waals surface area contributed by atoms with E-state index in [1.54, 1.807) is 19.9 Å². The van der Waals surface area contributed by atoms with Crippen molar-refractivity contribution in [3.63, 3.8) is 0 Å². The van der Waals surface area contributed by atoms with Crippen LogP contribution in [0.15, 0.2) is 21.5 Å². The fraction of sp³-hybridized carbons (Fsp3) is 0.462. The van der Waals surface area contributed by atoms with Crippen LogP contribution < -0.4 is 5.73 Å². The van der Waals surface area contributed by atoms with Gasteiger partial charge in [-0.2, -0.15) is 0 Å². The fourth-order valence-electron chi connectivity index (χ4n) is 1.72. The molecule has 0 heterocycles. The molecule has 0 aliphatic rings. The quantitative estimate of drug-likeness (QED) is 0.603. The molecule has 0 saturated carbocycles. The maximum absolute atomic E-state index is 12.5. The zero-order valence-corrected chi connectivity index (χ0v) is 14.6. The van der Waals surface area contributed by atoms with Crippen molar-refractivity contribution < 1.29 is 17.9 Å². The lowest BCUT2D eigenvalue weighted by Crippen LogP contribution is -2.30. The van der Waals surface area contributed by atoms with Gasteiger partial charge in [-0.25, -0.2) is 12.7 Å². The lowest BCUT2D eigenvalue weighted by atomic mass is 10.2. The van der Waals surface area contributed by atoms with Gasteiger partial charge in [-0.1, -0.05) is 0 Å². The Morgan fingerprint density at radius 1 is 1.43 bits per heavy atom. The highest BCUT2D eigenvalue weighted by atomic mass is 79.9. The molecule has 0 saturated heterocycles. The van der Waals surface area contributed by atoms with Crippen molar-refractivity contribution in [2.75, 3.05) is 25.9 Å². The van der Waals surface area contributed by atoms with Gasteiger partial charge in [0.1, 0.15) is 0 Å². The lowest BCUT2D eigenvalue weighted by molar-refractivity contribution is -0.143. The van der Waals surface area contributed by atoms with Crippen molar-refractivity contribution in [3.05, 3.63) is 22.2 Å². The van der Waals surface area contributed by atoms with Gasteiger partial charge in [0.2, 0.25) is 10.0 Å². The summed E-state index contributed by atoms with van der Waals surface area (Å²) >= 11 is 3.26. The number of esters is 1. The van der Waals surface area contributed by atoms with Gasteiger partial charge in [-0.3, -0.25) is 4.79 Å². The number of hydrogen-bond acceptors (Lipinski definition) is 5. The number of anilines is 1. The first-order valence-corrected chi connectivity index (χ1v) is 8.61. The van der Waals surface area contributed by atoms with Crippen molar-refractivity contribution in [1.82, 2.24) is 4.31 Å². The molecule has 0 aliphatic carbocycles. The average Bonchev–Trinajstić information content (AvgIpc) is 2.40. The van der Waals surface area contributed by atoms with Crippen LogP contribution in [0.2, 0.25) is 0 Å². The smallest absolute Gasteiger partial charge is 0.307 e. The van der Waals surface area contributed by atoms with Gasteiger partial charge in [0, 0.05) is 23.8 Å². The molecular formula is C13H19BrN2O4S. The zero-order valence-electron chi connectivity index (χ0n) is 12.2. The summed E-state index contributed by atoms with van der Waals surface area (Å²) in [6.07, 6.45) is 0.00856.